The second kappa shape index (κ2) is 7.23. The zero-order valence-electron chi connectivity index (χ0n) is 14.3. The topological polar surface area (TPSA) is 66.4 Å². The van der Waals surface area contributed by atoms with Crippen LogP contribution in [0.5, 0.6) is 0 Å². The third-order valence-corrected chi connectivity index (χ3v) is 4.53. The smallest absolute Gasteiger partial charge is 0.318 e. The molecule has 4 nitrogen and oxygen atoms in total. The Labute approximate surface area is 152 Å². The molecule has 0 saturated carbocycles. The van der Waals surface area contributed by atoms with Gasteiger partial charge in [0.05, 0.1) is 0 Å². The lowest BCUT2D eigenvalue weighted by molar-refractivity contribution is -0.141. The Morgan fingerprint density at radius 1 is 0.769 bits per heavy atom. The number of hydrogen-bond acceptors (Lipinski definition) is 2. The van der Waals surface area contributed by atoms with Gasteiger partial charge in [-0.2, -0.15) is 0 Å². The van der Waals surface area contributed by atoms with E-state index >= 15 is 0 Å². The van der Waals surface area contributed by atoms with Gasteiger partial charge in [0.15, 0.2) is 0 Å². The molecular weight excluding hydrogens is 326 g/mol. The first-order valence-corrected chi connectivity index (χ1v) is 8.27. The fourth-order valence-electron chi connectivity index (χ4n) is 2.86. The second-order valence-corrected chi connectivity index (χ2v) is 6.19. The number of anilines is 1. The Balaban J connectivity index is 1.86. The van der Waals surface area contributed by atoms with Crippen LogP contribution in [0.4, 0.5) is 5.69 Å². The number of benzene rings is 3. The van der Waals surface area contributed by atoms with E-state index in [2.05, 4.69) is 5.32 Å². The van der Waals surface area contributed by atoms with E-state index in [1.54, 1.807) is 67.6 Å². The summed E-state index contributed by atoms with van der Waals surface area (Å²) in [6.07, 6.45) is 0. The Hall–Kier alpha value is -3.40. The van der Waals surface area contributed by atoms with Crippen molar-refractivity contribution in [2.75, 3.05) is 5.32 Å². The molecule has 0 heterocycles. The number of carboxylic acids is 1. The molecule has 0 saturated heterocycles. The number of carbonyl (C=O) groups excluding carboxylic acids is 1. The quantitative estimate of drug-likeness (QED) is 0.723. The summed E-state index contributed by atoms with van der Waals surface area (Å²) in [7, 11) is 0. The van der Waals surface area contributed by atoms with Gasteiger partial charge < -0.3 is 10.4 Å². The van der Waals surface area contributed by atoms with Crippen molar-refractivity contribution in [1.82, 2.24) is 0 Å². The van der Waals surface area contributed by atoms with Crippen molar-refractivity contribution in [2.24, 2.45) is 0 Å². The molecule has 3 aromatic rings. The number of aliphatic carboxylic acids is 1. The SMILES string of the molecule is CC(C(=O)O)(c1ccccc1)c1ccc(NC(=O)c2ccccc2)cc1. The zero-order chi connectivity index (χ0) is 18.6. The highest BCUT2D eigenvalue weighted by molar-refractivity contribution is 6.04. The van der Waals surface area contributed by atoms with Crippen molar-refractivity contribution in [1.29, 1.82) is 0 Å². The molecule has 0 aromatic heterocycles. The average molecular weight is 345 g/mol. The fourth-order valence-corrected chi connectivity index (χ4v) is 2.86. The number of rotatable bonds is 5. The van der Waals surface area contributed by atoms with Crippen LogP contribution in [0, 0.1) is 0 Å². The number of amides is 1. The van der Waals surface area contributed by atoms with Gasteiger partial charge in [0.2, 0.25) is 0 Å². The van der Waals surface area contributed by atoms with Crippen LogP contribution in [0.25, 0.3) is 0 Å². The Morgan fingerprint density at radius 2 is 1.27 bits per heavy atom. The van der Waals surface area contributed by atoms with E-state index in [1.165, 1.54) is 0 Å². The van der Waals surface area contributed by atoms with Crippen LogP contribution in [0.2, 0.25) is 0 Å². The van der Waals surface area contributed by atoms with Gasteiger partial charge in [-0.15, -0.1) is 0 Å². The summed E-state index contributed by atoms with van der Waals surface area (Å²) in [5.74, 6) is -1.13. The first kappa shape index (κ1) is 17.4. The third kappa shape index (κ3) is 3.35. The Kier molecular flexibility index (Phi) is 4.85. The molecule has 3 aromatic carbocycles. The lowest BCUT2D eigenvalue weighted by Crippen LogP contribution is -2.33. The van der Waals surface area contributed by atoms with Crippen LogP contribution in [-0.2, 0) is 10.2 Å². The van der Waals surface area contributed by atoms with E-state index in [0.717, 1.165) is 0 Å². The molecule has 0 bridgehead atoms. The van der Waals surface area contributed by atoms with Gasteiger partial charge in [-0.05, 0) is 42.3 Å². The Morgan fingerprint density at radius 3 is 1.81 bits per heavy atom. The van der Waals surface area contributed by atoms with Crippen molar-refractivity contribution < 1.29 is 14.7 Å². The second-order valence-electron chi connectivity index (χ2n) is 6.19. The number of nitrogens with one attached hydrogen (secondary N) is 1. The highest BCUT2D eigenvalue weighted by Crippen LogP contribution is 2.33. The summed E-state index contributed by atoms with van der Waals surface area (Å²) in [5.41, 5.74) is 1.37. The summed E-state index contributed by atoms with van der Waals surface area (Å²) in [6.45, 7) is 1.68. The highest BCUT2D eigenvalue weighted by Gasteiger charge is 2.37. The molecule has 1 unspecified atom stereocenters. The molecule has 4 heteroatoms. The average Bonchev–Trinajstić information content (AvgIpc) is 2.69. The van der Waals surface area contributed by atoms with Gasteiger partial charge in [0, 0.05) is 11.3 Å². The summed E-state index contributed by atoms with van der Waals surface area (Å²) >= 11 is 0. The van der Waals surface area contributed by atoms with E-state index in [0.29, 0.717) is 22.4 Å². The maximum absolute atomic E-state index is 12.2. The molecule has 3 rings (SSSR count). The highest BCUT2D eigenvalue weighted by atomic mass is 16.4. The van der Waals surface area contributed by atoms with E-state index in [-0.39, 0.29) is 5.91 Å². The van der Waals surface area contributed by atoms with Crippen molar-refractivity contribution in [3.05, 3.63) is 102 Å². The standard InChI is InChI=1S/C22H19NO3/c1-22(21(25)26,17-10-6-3-7-11-17)18-12-14-19(15-13-18)23-20(24)16-8-4-2-5-9-16/h2-15H,1H3,(H,23,24)(H,25,26). The van der Waals surface area contributed by atoms with Gasteiger partial charge in [-0.25, -0.2) is 0 Å². The molecule has 0 fully saturated rings. The maximum atomic E-state index is 12.2. The minimum absolute atomic E-state index is 0.206. The van der Waals surface area contributed by atoms with Gasteiger partial charge in [0.25, 0.3) is 5.91 Å². The normalized spacial score (nSPS) is 12.8. The monoisotopic (exact) mass is 345 g/mol. The molecule has 1 atom stereocenters. The molecule has 2 N–H and O–H groups in total. The molecule has 0 spiro atoms. The minimum Gasteiger partial charge on any atom is -0.480 e. The van der Waals surface area contributed by atoms with E-state index < -0.39 is 11.4 Å². The third-order valence-electron chi connectivity index (χ3n) is 4.53. The molecule has 26 heavy (non-hydrogen) atoms. The summed E-state index contributed by atoms with van der Waals surface area (Å²) < 4.78 is 0. The van der Waals surface area contributed by atoms with Crippen LogP contribution in [0.1, 0.15) is 28.4 Å². The molecular formula is C22H19NO3. The van der Waals surface area contributed by atoms with E-state index in [9.17, 15) is 14.7 Å². The summed E-state index contributed by atoms with van der Waals surface area (Å²) in [4.78, 5) is 24.2. The Bertz CT molecular complexity index is 905. The number of carboxylic acid groups (broad SMARTS) is 1. The maximum Gasteiger partial charge on any atom is 0.318 e. The molecule has 0 aliphatic heterocycles. The minimum atomic E-state index is -1.16. The number of carbonyl (C=O) groups is 2. The molecule has 130 valence electrons. The summed E-state index contributed by atoms with van der Waals surface area (Å²) in [5, 5.41) is 12.7. The molecule has 0 radical (unpaired) electrons. The first-order chi connectivity index (χ1) is 12.5. The molecule has 0 aliphatic rings. The van der Waals surface area contributed by atoms with Crippen LogP contribution in [-0.4, -0.2) is 17.0 Å². The van der Waals surface area contributed by atoms with Crippen LogP contribution >= 0.6 is 0 Å². The van der Waals surface area contributed by atoms with Gasteiger partial charge in [-0.1, -0.05) is 60.7 Å². The van der Waals surface area contributed by atoms with Gasteiger partial charge in [0.1, 0.15) is 5.41 Å². The van der Waals surface area contributed by atoms with Gasteiger partial charge >= 0.3 is 5.97 Å². The number of hydrogen-bond donors (Lipinski definition) is 2. The lowest BCUT2D eigenvalue weighted by Gasteiger charge is -2.26. The largest absolute Gasteiger partial charge is 0.480 e. The zero-order valence-corrected chi connectivity index (χ0v) is 14.3. The first-order valence-electron chi connectivity index (χ1n) is 8.27. The molecule has 0 aliphatic carbocycles. The predicted molar refractivity (Wildman–Crippen MR) is 101 cm³/mol. The summed E-state index contributed by atoms with van der Waals surface area (Å²) in [6, 6.07) is 25.0. The van der Waals surface area contributed by atoms with E-state index in [4.69, 9.17) is 0 Å². The van der Waals surface area contributed by atoms with Crippen LogP contribution in [0.15, 0.2) is 84.9 Å². The van der Waals surface area contributed by atoms with Crippen LogP contribution < -0.4 is 5.32 Å². The van der Waals surface area contributed by atoms with Crippen LogP contribution in [0.3, 0.4) is 0 Å². The van der Waals surface area contributed by atoms with Crippen molar-refractivity contribution in [3.8, 4) is 0 Å². The molecule has 1 amide bonds. The fraction of sp³-hybridized carbons (Fsp3) is 0.0909. The lowest BCUT2D eigenvalue weighted by atomic mass is 9.76. The van der Waals surface area contributed by atoms with Crippen molar-refractivity contribution in [3.63, 3.8) is 0 Å². The van der Waals surface area contributed by atoms with Gasteiger partial charge in [-0.3, -0.25) is 9.59 Å². The van der Waals surface area contributed by atoms with Crippen molar-refractivity contribution >= 4 is 17.6 Å². The van der Waals surface area contributed by atoms with Crippen molar-refractivity contribution in [2.45, 2.75) is 12.3 Å². The van der Waals surface area contributed by atoms with E-state index in [1.807, 2.05) is 24.3 Å². The predicted octanol–water partition coefficient (Wildman–Crippen LogP) is 4.33.